The molecule has 0 spiro atoms. The van der Waals surface area contributed by atoms with Gasteiger partial charge in [0.2, 0.25) is 0 Å². The van der Waals surface area contributed by atoms with Crippen LogP contribution in [0.15, 0.2) is 102 Å². The SMILES string of the molecule is C/C(=N\NC(=O)COc1ccccc1-c1ccnn1-c1ccccc1)c1ccccc1. The van der Waals surface area contributed by atoms with Crippen molar-refractivity contribution in [1.82, 2.24) is 15.2 Å². The van der Waals surface area contributed by atoms with E-state index in [4.69, 9.17) is 4.74 Å². The van der Waals surface area contributed by atoms with Crippen LogP contribution in [0, 0.1) is 0 Å². The number of aromatic nitrogens is 2. The predicted molar refractivity (Wildman–Crippen MR) is 121 cm³/mol. The minimum atomic E-state index is -0.332. The Morgan fingerprint density at radius 3 is 2.39 bits per heavy atom. The summed E-state index contributed by atoms with van der Waals surface area (Å²) < 4.78 is 7.67. The number of hydrogen-bond donors (Lipinski definition) is 1. The molecule has 3 aromatic carbocycles. The van der Waals surface area contributed by atoms with Gasteiger partial charge in [-0.05, 0) is 42.8 Å². The van der Waals surface area contributed by atoms with Gasteiger partial charge in [-0.3, -0.25) is 4.79 Å². The van der Waals surface area contributed by atoms with Gasteiger partial charge in [-0.25, -0.2) is 10.1 Å². The molecule has 1 heterocycles. The molecule has 0 aliphatic rings. The van der Waals surface area contributed by atoms with Crippen molar-refractivity contribution < 1.29 is 9.53 Å². The molecule has 0 saturated heterocycles. The number of amides is 1. The highest BCUT2D eigenvalue weighted by Gasteiger charge is 2.13. The topological polar surface area (TPSA) is 68.5 Å². The van der Waals surface area contributed by atoms with Crippen molar-refractivity contribution in [3.8, 4) is 22.7 Å². The van der Waals surface area contributed by atoms with Crippen LogP contribution < -0.4 is 10.2 Å². The van der Waals surface area contributed by atoms with E-state index in [0.717, 1.165) is 28.2 Å². The van der Waals surface area contributed by atoms with E-state index in [0.29, 0.717) is 5.75 Å². The van der Waals surface area contributed by atoms with Gasteiger partial charge in [0.1, 0.15) is 5.75 Å². The van der Waals surface area contributed by atoms with Crippen LogP contribution in [-0.4, -0.2) is 28.0 Å². The van der Waals surface area contributed by atoms with Gasteiger partial charge >= 0.3 is 0 Å². The van der Waals surface area contributed by atoms with E-state index in [1.165, 1.54) is 0 Å². The Hall–Kier alpha value is -4.19. The summed E-state index contributed by atoms with van der Waals surface area (Å²) in [5, 5.41) is 8.60. The van der Waals surface area contributed by atoms with E-state index in [9.17, 15) is 4.79 Å². The van der Waals surface area contributed by atoms with Crippen LogP contribution in [0.2, 0.25) is 0 Å². The first-order valence-electron chi connectivity index (χ1n) is 9.92. The summed E-state index contributed by atoms with van der Waals surface area (Å²) in [6, 6.07) is 29.0. The maximum absolute atomic E-state index is 12.3. The fourth-order valence-corrected chi connectivity index (χ4v) is 3.15. The molecule has 6 heteroatoms. The van der Waals surface area contributed by atoms with Crippen molar-refractivity contribution in [2.75, 3.05) is 6.61 Å². The van der Waals surface area contributed by atoms with Crippen LogP contribution in [0.5, 0.6) is 5.75 Å². The van der Waals surface area contributed by atoms with Gasteiger partial charge < -0.3 is 4.74 Å². The molecule has 4 rings (SSSR count). The van der Waals surface area contributed by atoms with E-state index in [2.05, 4.69) is 15.6 Å². The van der Waals surface area contributed by atoms with Gasteiger partial charge in [0.05, 0.1) is 23.3 Å². The molecule has 0 unspecified atom stereocenters. The second-order valence-electron chi connectivity index (χ2n) is 6.85. The van der Waals surface area contributed by atoms with Gasteiger partial charge in [-0.2, -0.15) is 10.2 Å². The number of hydrazone groups is 1. The molecule has 0 bridgehead atoms. The van der Waals surface area contributed by atoms with Gasteiger partial charge in [0, 0.05) is 5.56 Å². The molecule has 0 aliphatic heterocycles. The molecule has 31 heavy (non-hydrogen) atoms. The normalized spacial score (nSPS) is 11.2. The van der Waals surface area contributed by atoms with Crippen molar-refractivity contribution in [1.29, 1.82) is 0 Å². The Labute approximate surface area is 180 Å². The molecular formula is C25H22N4O2. The van der Waals surface area contributed by atoms with E-state index < -0.39 is 0 Å². The van der Waals surface area contributed by atoms with E-state index in [-0.39, 0.29) is 12.5 Å². The monoisotopic (exact) mass is 410 g/mol. The van der Waals surface area contributed by atoms with Gasteiger partial charge in [0.25, 0.3) is 5.91 Å². The van der Waals surface area contributed by atoms with Crippen LogP contribution in [0.3, 0.4) is 0 Å². The van der Waals surface area contributed by atoms with Crippen LogP contribution >= 0.6 is 0 Å². The fraction of sp³-hybridized carbons (Fsp3) is 0.0800. The number of hydrogen-bond acceptors (Lipinski definition) is 4. The molecule has 6 nitrogen and oxygen atoms in total. The molecular weight excluding hydrogens is 388 g/mol. The number of nitrogens with one attached hydrogen (secondary N) is 1. The lowest BCUT2D eigenvalue weighted by Crippen LogP contribution is -2.25. The third-order valence-electron chi connectivity index (χ3n) is 4.71. The first kappa shape index (κ1) is 20.1. The molecule has 0 fully saturated rings. The largest absolute Gasteiger partial charge is 0.483 e. The molecule has 1 aromatic heterocycles. The Morgan fingerprint density at radius 2 is 1.61 bits per heavy atom. The lowest BCUT2D eigenvalue weighted by atomic mass is 10.1. The number of ether oxygens (including phenoxy) is 1. The number of carbonyl (C=O) groups is 1. The molecule has 0 aliphatic carbocycles. The van der Waals surface area contributed by atoms with Crippen molar-refractivity contribution in [3.05, 3.63) is 103 Å². The highest BCUT2D eigenvalue weighted by molar-refractivity contribution is 5.99. The molecule has 1 N–H and O–H groups in total. The lowest BCUT2D eigenvalue weighted by molar-refractivity contribution is -0.123. The van der Waals surface area contributed by atoms with Crippen LogP contribution in [0.25, 0.3) is 16.9 Å². The summed E-state index contributed by atoms with van der Waals surface area (Å²) in [6.45, 7) is 1.69. The third-order valence-corrected chi connectivity index (χ3v) is 4.71. The zero-order valence-corrected chi connectivity index (χ0v) is 17.1. The average Bonchev–Trinajstić information content (AvgIpc) is 3.32. The maximum atomic E-state index is 12.3. The maximum Gasteiger partial charge on any atom is 0.277 e. The van der Waals surface area contributed by atoms with Crippen LogP contribution in [-0.2, 0) is 4.79 Å². The summed E-state index contributed by atoms with van der Waals surface area (Å²) in [7, 11) is 0. The average molecular weight is 410 g/mol. The summed E-state index contributed by atoms with van der Waals surface area (Å²) in [5.41, 5.74) is 6.89. The second-order valence-corrected chi connectivity index (χ2v) is 6.85. The van der Waals surface area contributed by atoms with Gasteiger partial charge in [0.15, 0.2) is 6.61 Å². The molecule has 0 radical (unpaired) electrons. The van der Waals surface area contributed by atoms with Crippen molar-refractivity contribution in [2.45, 2.75) is 6.92 Å². The number of benzene rings is 3. The Morgan fingerprint density at radius 1 is 0.935 bits per heavy atom. The molecule has 0 saturated carbocycles. The second kappa shape index (κ2) is 9.54. The van der Waals surface area contributed by atoms with Crippen molar-refractivity contribution in [2.24, 2.45) is 5.10 Å². The smallest absolute Gasteiger partial charge is 0.277 e. The Balaban J connectivity index is 1.47. The van der Waals surface area contributed by atoms with E-state index >= 15 is 0 Å². The number of rotatable bonds is 7. The highest BCUT2D eigenvalue weighted by atomic mass is 16.5. The zero-order valence-electron chi connectivity index (χ0n) is 17.1. The van der Waals surface area contributed by atoms with Crippen molar-refractivity contribution in [3.63, 3.8) is 0 Å². The molecule has 0 atom stereocenters. The Bertz CT molecular complexity index is 1180. The summed E-state index contributed by atoms with van der Waals surface area (Å²) in [5.74, 6) is 0.265. The molecule has 4 aromatic rings. The van der Waals surface area contributed by atoms with Crippen LogP contribution in [0.1, 0.15) is 12.5 Å². The predicted octanol–water partition coefficient (Wildman–Crippen LogP) is 4.46. The zero-order chi connectivity index (χ0) is 21.5. The van der Waals surface area contributed by atoms with Crippen LogP contribution in [0.4, 0.5) is 0 Å². The standard InChI is InChI=1S/C25H22N4O2/c1-19(20-10-4-2-5-11-20)27-28-25(30)18-31-24-15-9-8-14-22(24)23-16-17-26-29(23)21-12-6-3-7-13-21/h2-17H,18H2,1H3,(H,28,30)/b27-19+. The van der Waals surface area contributed by atoms with E-state index in [1.807, 2.05) is 103 Å². The minimum Gasteiger partial charge on any atom is -0.483 e. The van der Waals surface area contributed by atoms with Crippen molar-refractivity contribution >= 4 is 11.6 Å². The summed E-state index contributed by atoms with van der Waals surface area (Å²) in [4.78, 5) is 12.3. The third kappa shape index (κ3) is 4.87. The highest BCUT2D eigenvalue weighted by Crippen LogP contribution is 2.31. The van der Waals surface area contributed by atoms with Gasteiger partial charge in [-0.15, -0.1) is 0 Å². The first-order valence-corrected chi connectivity index (χ1v) is 9.92. The first-order chi connectivity index (χ1) is 15.2. The fourth-order valence-electron chi connectivity index (χ4n) is 3.15. The quantitative estimate of drug-likeness (QED) is 0.361. The Kier molecular flexibility index (Phi) is 6.18. The number of nitrogens with zero attached hydrogens (tertiary/aromatic N) is 3. The molecule has 154 valence electrons. The summed E-state index contributed by atoms with van der Waals surface area (Å²) >= 11 is 0. The number of carbonyl (C=O) groups excluding carboxylic acids is 1. The summed E-state index contributed by atoms with van der Waals surface area (Å²) in [6.07, 6.45) is 1.74. The molecule has 1 amide bonds. The number of para-hydroxylation sites is 2. The van der Waals surface area contributed by atoms with E-state index in [1.54, 1.807) is 6.20 Å². The van der Waals surface area contributed by atoms with Gasteiger partial charge in [-0.1, -0.05) is 60.7 Å². The minimum absolute atomic E-state index is 0.151. The lowest BCUT2D eigenvalue weighted by Gasteiger charge is -2.13.